The Labute approximate surface area is 216 Å². The summed E-state index contributed by atoms with van der Waals surface area (Å²) in [6.07, 6.45) is -2.40. The molecule has 0 aliphatic heterocycles. The van der Waals surface area contributed by atoms with Gasteiger partial charge in [-0.25, -0.2) is 9.59 Å². The van der Waals surface area contributed by atoms with Gasteiger partial charge in [-0.1, -0.05) is 70.9 Å². The van der Waals surface area contributed by atoms with Crippen LogP contribution in [0.15, 0.2) is 84.0 Å². The number of ether oxygens (including phenoxy) is 3. The largest absolute Gasteiger partial charge is 0.459 e. The maximum Gasteiger partial charge on any atom is 0.338 e. The quantitative estimate of drug-likeness (QED) is 0.223. The van der Waals surface area contributed by atoms with Crippen molar-refractivity contribution in [2.45, 2.75) is 38.8 Å². The zero-order valence-electron chi connectivity index (χ0n) is 21.1. The van der Waals surface area contributed by atoms with Gasteiger partial charge in [-0.3, -0.25) is 0 Å². The molecule has 0 unspecified atom stereocenters. The number of aliphatic hydroxyl groups excluding tert-OH is 1. The average molecular weight is 506 g/mol. The predicted molar refractivity (Wildman–Crippen MR) is 138 cm³/mol. The Morgan fingerprint density at radius 1 is 0.865 bits per heavy atom. The van der Waals surface area contributed by atoms with E-state index < -0.39 is 36.9 Å². The van der Waals surface area contributed by atoms with E-state index >= 15 is 0 Å². The van der Waals surface area contributed by atoms with Crippen LogP contribution in [0.3, 0.4) is 0 Å². The Hall–Kier alpha value is -4.01. The zero-order chi connectivity index (χ0) is 26.6. The van der Waals surface area contributed by atoms with Gasteiger partial charge in [-0.2, -0.15) is 0 Å². The smallest absolute Gasteiger partial charge is 0.338 e. The van der Waals surface area contributed by atoms with Gasteiger partial charge >= 0.3 is 11.9 Å². The van der Waals surface area contributed by atoms with Crippen molar-refractivity contribution < 1.29 is 33.7 Å². The second-order valence-corrected chi connectivity index (χ2v) is 8.47. The van der Waals surface area contributed by atoms with E-state index in [1.165, 1.54) is 13.3 Å². The van der Waals surface area contributed by atoms with Crippen molar-refractivity contribution in [3.63, 3.8) is 0 Å². The molecule has 8 heteroatoms. The molecule has 194 valence electrons. The molecule has 8 nitrogen and oxygen atoms in total. The number of hydrogen-bond donors (Lipinski definition) is 1. The molecule has 37 heavy (non-hydrogen) atoms. The van der Waals surface area contributed by atoms with Crippen molar-refractivity contribution in [2.75, 3.05) is 13.7 Å². The van der Waals surface area contributed by atoms with Crippen LogP contribution in [0.25, 0.3) is 0 Å². The molecule has 3 atom stereocenters. The fourth-order valence-corrected chi connectivity index (χ4v) is 3.38. The van der Waals surface area contributed by atoms with Crippen molar-refractivity contribution in [1.29, 1.82) is 0 Å². The lowest BCUT2D eigenvalue weighted by Gasteiger charge is -2.28. The van der Waals surface area contributed by atoms with Crippen LogP contribution in [0.5, 0.6) is 0 Å². The molecule has 0 aromatic heterocycles. The van der Waals surface area contributed by atoms with Crippen LogP contribution >= 0.6 is 0 Å². The molecule has 0 fully saturated rings. The van der Waals surface area contributed by atoms with Crippen molar-refractivity contribution in [1.82, 2.24) is 0 Å². The molecule has 0 radical (unpaired) electrons. The van der Waals surface area contributed by atoms with E-state index in [4.69, 9.17) is 19.0 Å². The van der Waals surface area contributed by atoms with Crippen LogP contribution in [-0.2, 0) is 25.7 Å². The van der Waals surface area contributed by atoms with Crippen molar-refractivity contribution in [2.24, 2.45) is 5.16 Å². The van der Waals surface area contributed by atoms with E-state index in [-0.39, 0.29) is 6.61 Å². The molecule has 0 aliphatic rings. The summed E-state index contributed by atoms with van der Waals surface area (Å²) in [5, 5.41) is 14.8. The van der Waals surface area contributed by atoms with E-state index in [1.807, 2.05) is 44.2 Å². The predicted octanol–water partition coefficient (Wildman–Crippen LogP) is 4.26. The fraction of sp³-hybridized carbons (Fsp3) is 0.276. The number of carbonyl (C=O) groups is 2. The van der Waals surface area contributed by atoms with Gasteiger partial charge in [0, 0.05) is 0 Å². The Kier molecular flexibility index (Phi) is 10.4. The number of rotatable bonds is 12. The monoisotopic (exact) mass is 505 g/mol. The molecule has 0 saturated heterocycles. The van der Waals surface area contributed by atoms with Gasteiger partial charge in [-0.15, -0.1) is 0 Å². The number of hydrogen-bond acceptors (Lipinski definition) is 8. The molecule has 0 spiro atoms. The summed E-state index contributed by atoms with van der Waals surface area (Å²) in [4.78, 5) is 30.2. The highest BCUT2D eigenvalue weighted by atomic mass is 16.6. The van der Waals surface area contributed by atoms with Crippen LogP contribution in [0.1, 0.15) is 37.4 Å². The number of nitrogens with zero attached hydrogens (tertiary/aromatic N) is 1. The minimum atomic E-state index is -1.42. The van der Waals surface area contributed by atoms with E-state index in [2.05, 4.69) is 5.16 Å². The number of oxime groups is 1. The summed E-state index contributed by atoms with van der Waals surface area (Å²) < 4.78 is 17.0. The highest BCUT2D eigenvalue weighted by molar-refractivity contribution is 5.90. The second kappa shape index (κ2) is 13.9. The maximum atomic E-state index is 12.9. The lowest BCUT2D eigenvalue weighted by molar-refractivity contribution is -0.0927. The summed E-state index contributed by atoms with van der Waals surface area (Å²) in [6, 6.07) is 23.0. The third kappa shape index (κ3) is 8.56. The van der Waals surface area contributed by atoms with Crippen molar-refractivity contribution in [3.8, 4) is 0 Å². The standard InChI is InChI=1S/C29H31NO7/c1-20-9-13-23(14-10-20)28(32)36-19-25(31)27(37-29(33)24-15-11-21(2)12-16-24)26(17-30-34-3)35-18-22-7-5-4-6-8-22/h4-17,25-27,31H,18-19H2,1-3H3/b30-17+/t25-,26+,27+/m1/s1. The van der Waals surface area contributed by atoms with E-state index in [0.29, 0.717) is 11.1 Å². The van der Waals surface area contributed by atoms with Gasteiger partial charge in [0.05, 0.1) is 23.9 Å². The number of benzene rings is 3. The summed E-state index contributed by atoms with van der Waals surface area (Å²) in [5.41, 5.74) is 3.47. The molecule has 0 bridgehead atoms. The molecular weight excluding hydrogens is 474 g/mol. The molecule has 1 N–H and O–H groups in total. The molecule has 0 aliphatic carbocycles. The molecule has 0 saturated carbocycles. The van der Waals surface area contributed by atoms with Crippen LogP contribution in [0.4, 0.5) is 0 Å². The van der Waals surface area contributed by atoms with Gasteiger partial charge in [0.15, 0.2) is 6.10 Å². The molecule has 3 aromatic rings. The van der Waals surface area contributed by atoms with Gasteiger partial charge in [-0.05, 0) is 43.7 Å². The van der Waals surface area contributed by atoms with Gasteiger partial charge < -0.3 is 24.2 Å². The summed E-state index contributed by atoms with van der Waals surface area (Å²) in [5.74, 6) is -1.29. The first kappa shape index (κ1) is 27.6. The first-order chi connectivity index (χ1) is 17.9. The van der Waals surface area contributed by atoms with Crippen LogP contribution in [-0.4, -0.2) is 55.3 Å². The van der Waals surface area contributed by atoms with E-state index in [9.17, 15) is 14.7 Å². The zero-order valence-corrected chi connectivity index (χ0v) is 21.1. The van der Waals surface area contributed by atoms with E-state index in [1.54, 1.807) is 48.5 Å². The topological polar surface area (TPSA) is 104 Å². The third-order valence-corrected chi connectivity index (χ3v) is 5.50. The Morgan fingerprint density at radius 3 is 2.00 bits per heavy atom. The molecule has 3 aromatic carbocycles. The molecule has 3 rings (SSSR count). The van der Waals surface area contributed by atoms with Crippen LogP contribution in [0, 0.1) is 13.8 Å². The summed E-state index contributed by atoms with van der Waals surface area (Å²) in [7, 11) is 1.36. The Bertz CT molecular complexity index is 1160. The Balaban J connectivity index is 1.79. The number of esters is 2. The lowest BCUT2D eigenvalue weighted by atomic mass is 10.1. The molecule has 0 amide bonds. The first-order valence-electron chi connectivity index (χ1n) is 11.8. The highest BCUT2D eigenvalue weighted by Crippen LogP contribution is 2.16. The first-order valence-corrected chi connectivity index (χ1v) is 11.8. The maximum absolute atomic E-state index is 12.9. The normalized spacial score (nSPS) is 13.5. The van der Waals surface area contributed by atoms with Crippen LogP contribution < -0.4 is 0 Å². The molecule has 0 heterocycles. The Morgan fingerprint density at radius 2 is 1.43 bits per heavy atom. The summed E-state index contributed by atoms with van der Waals surface area (Å²) in [6.45, 7) is 3.52. The SMILES string of the molecule is CO/N=C/[C@H](OCc1ccccc1)[C@@H](OC(=O)c1ccc(C)cc1)[C@H](O)COC(=O)c1ccc(C)cc1. The molecular formula is C29H31NO7. The second-order valence-electron chi connectivity index (χ2n) is 8.47. The average Bonchev–Trinajstić information content (AvgIpc) is 2.92. The fourth-order valence-electron chi connectivity index (χ4n) is 3.38. The number of carbonyl (C=O) groups excluding carboxylic acids is 2. The number of aliphatic hydroxyl groups is 1. The van der Waals surface area contributed by atoms with Crippen molar-refractivity contribution in [3.05, 3.63) is 107 Å². The summed E-state index contributed by atoms with van der Waals surface area (Å²) >= 11 is 0. The van der Waals surface area contributed by atoms with E-state index in [0.717, 1.165) is 16.7 Å². The van der Waals surface area contributed by atoms with Gasteiger partial charge in [0.1, 0.15) is 25.9 Å². The van der Waals surface area contributed by atoms with Gasteiger partial charge in [0.2, 0.25) is 0 Å². The lowest BCUT2D eigenvalue weighted by Crippen LogP contribution is -2.46. The minimum Gasteiger partial charge on any atom is -0.459 e. The highest BCUT2D eigenvalue weighted by Gasteiger charge is 2.34. The van der Waals surface area contributed by atoms with Crippen LogP contribution in [0.2, 0.25) is 0 Å². The third-order valence-electron chi connectivity index (χ3n) is 5.50. The number of aryl methyl sites for hydroxylation is 2. The minimum absolute atomic E-state index is 0.149. The van der Waals surface area contributed by atoms with Crippen molar-refractivity contribution >= 4 is 18.2 Å². The van der Waals surface area contributed by atoms with Gasteiger partial charge in [0.25, 0.3) is 0 Å².